The molecule has 4 heterocycles. The molecule has 5 rings (SSSR count). The minimum atomic E-state index is -0.625. The number of amides is 1. The second kappa shape index (κ2) is 7.70. The van der Waals surface area contributed by atoms with E-state index < -0.39 is 11.6 Å². The first-order valence-corrected chi connectivity index (χ1v) is 11.4. The molecule has 10 heteroatoms. The number of nitrogens with one attached hydrogen (secondary N) is 2. The van der Waals surface area contributed by atoms with E-state index >= 15 is 0 Å². The number of hydrogen-bond donors (Lipinski definition) is 2. The molecule has 3 aliphatic heterocycles. The van der Waals surface area contributed by atoms with Gasteiger partial charge in [-0.1, -0.05) is 15.9 Å². The molecule has 166 valence electrons. The number of amidine groups is 1. The molecule has 0 saturated carbocycles. The van der Waals surface area contributed by atoms with Crippen LogP contribution in [0.5, 0.6) is 0 Å². The number of hydrogen-bond acceptors (Lipinski definition) is 6. The van der Waals surface area contributed by atoms with E-state index in [1.165, 1.54) is 12.1 Å². The summed E-state index contributed by atoms with van der Waals surface area (Å²) in [5.74, 6) is 0.0905. The molecular weight excluding hydrogens is 477 g/mol. The first kappa shape index (κ1) is 21.1. The van der Waals surface area contributed by atoms with Crippen molar-refractivity contribution in [1.82, 2.24) is 20.2 Å². The lowest BCUT2D eigenvalue weighted by molar-refractivity contribution is -0.133. The van der Waals surface area contributed by atoms with Crippen molar-refractivity contribution in [3.05, 3.63) is 41.8 Å². The largest absolute Gasteiger partial charge is 0.340 e. The molecule has 1 amide bonds. The van der Waals surface area contributed by atoms with Crippen molar-refractivity contribution in [3.63, 3.8) is 0 Å². The number of carbonyl (C=O) groups is 1. The Morgan fingerprint density at radius 3 is 2.91 bits per heavy atom. The van der Waals surface area contributed by atoms with Gasteiger partial charge in [0, 0.05) is 50.4 Å². The summed E-state index contributed by atoms with van der Waals surface area (Å²) in [6, 6.07) is 6.67. The summed E-state index contributed by atoms with van der Waals surface area (Å²) in [4.78, 5) is 22.3. The number of rotatable bonds is 4. The Morgan fingerprint density at radius 1 is 1.38 bits per heavy atom. The van der Waals surface area contributed by atoms with Gasteiger partial charge in [-0.15, -0.1) is 0 Å². The number of likely N-dealkylation sites (tertiary alicyclic amines) is 1. The van der Waals surface area contributed by atoms with Gasteiger partial charge in [-0.25, -0.2) is 9.40 Å². The van der Waals surface area contributed by atoms with Gasteiger partial charge in [0.15, 0.2) is 6.17 Å². The fourth-order valence-corrected chi connectivity index (χ4v) is 4.80. The van der Waals surface area contributed by atoms with Gasteiger partial charge in [0.1, 0.15) is 16.5 Å². The van der Waals surface area contributed by atoms with Gasteiger partial charge in [0.25, 0.3) is 0 Å². The van der Waals surface area contributed by atoms with Crippen molar-refractivity contribution in [2.75, 3.05) is 19.6 Å². The zero-order chi connectivity index (χ0) is 22.6. The van der Waals surface area contributed by atoms with Gasteiger partial charge in [0.2, 0.25) is 5.91 Å². The second-order valence-electron chi connectivity index (χ2n) is 8.68. The smallest absolute Gasteiger partial charge is 0.219 e. The molecule has 3 aliphatic rings. The highest BCUT2D eigenvalue weighted by atomic mass is 79.9. The Morgan fingerprint density at radius 2 is 2.16 bits per heavy atom. The Balaban J connectivity index is 1.41. The molecule has 1 fully saturated rings. The maximum atomic E-state index is 13.8. The Bertz CT molecular complexity index is 1180. The Labute approximate surface area is 193 Å². The average molecular weight is 500 g/mol. The molecule has 0 spiro atoms. The lowest BCUT2D eigenvalue weighted by Crippen LogP contribution is -2.61. The molecule has 8 nitrogen and oxygen atoms in total. The van der Waals surface area contributed by atoms with Crippen LogP contribution in [0.25, 0.3) is 10.9 Å². The van der Waals surface area contributed by atoms with Crippen molar-refractivity contribution < 1.29 is 9.18 Å². The number of benzene rings is 1. The second-order valence-corrected chi connectivity index (χ2v) is 9.59. The molecule has 2 N–H and O–H groups in total. The third-order valence-electron chi connectivity index (χ3n) is 6.45. The van der Waals surface area contributed by atoms with Crippen LogP contribution in [-0.4, -0.2) is 75.2 Å². The monoisotopic (exact) mass is 499 g/mol. The Hall–Kier alpha value is -2.72. The predicted molar refractivity (Wildman–Crippen MR) is 125 cm³/mol. The highest BCUT2D eigenvalue weighted by Gasteiger charge is 2.49. The first-order chi connectivity index (χ1) is 15.3. The molecule has 32 heavy (non-hydrogen) atoms. The molecule has 1 aromatic heterocycles. The summed E-state index contributed by atoms with van der Waals surface area (Å²) in [6.45, 7) is 5.46. The number of alkyl halides is 1. The SMILES string of the molecule is CC(=O)N1CC(NCC2=NC3N(N=CC3(C)c3cnc4ccc(F)cc4c3)C(=N)C2Br)C1. The van der Waals surface area contributed by atoms with E-state index in [1.54, 1.807) is 35.3 Å². The fraction of sp³-hybridized carbons (Fsp3) is 0.409. The fourth-order valence-electron chi connectivity index (χ4n) is 4.31. The van der Waals surface area contributed by atoms with E-state index in [1.807, 2.05) is 13.0 Å². The van der Waals surface area contributed by atoms with Crippen LogP contribution in [0.15, 0.2) is 40.6 Å². The van der Waals surface area contributed by atoms with Crippen LogP contribution in [0.3, 0.4) is 0 Å². The van der Waals surface area contributed by atoms with E-state index in [0.29, 0.717) is 30.9 Å². The number of carbonyl (C=O) groups excluding carboxylic acids is 1. The van der Waals surface area contributed by atoms with Gasteiger partial charge < -0.3 is 10.2 Å². The van der Waals surface area contributed by atoms with Crippen LogP contribution in [0.1, 0.15) is 19.4 Å². The topological polar surface area (TPSA) is 97.0 Å². The number of halogens is 2. The van der Waals surface area contributed by atoms with Gasteiger partial charge in [0.05, 0.1) is 16.6 Å². The third-order valence-corrected chi connectivity index (χ3v) is 7.41. The quantitative estimate of drug-likeness (QED) is 0.630. The highest BCUT2D eigenvalue weighted by Crippen LogP contribution is 2.38. The maximum Gasteiger partial charge on any atom is 0.219 e. The van der Waals surface area contributed by atoms with Gasteiger partial charge in [-0.2, -0.15) is 5.10 Å². The molecule has 3 atom stereocenters. The zero-order valence-corrected chi connectivity index (χ0v) is 19.3. The summed E-state index contributed by atoms with van der Waals surface area (Å²) in [5, 5.41) is 18.9. The lowest BCUT2D eigenvalue weighted by Gasteiger charge is -2.40. The molecule has 0 bridgehead atoms. The predicted octanol–water partition coefficient (Wildman–Crippen LogP) is 2.27. The van der Waals surface area contributed by atoms with E-state index in [2.05, 4.69) is 31.3 Å². The van der Waals surface area contributed by atoms with Crippen molar-refractivity contribution in [3.8, 4) is 0 Å². The number of aromatic nitrogens is 1. The van der Waals surface area contributed by atoms with Crippen molar-refractivity contribution in [2.45, 2.75) is 36.3 Å². The van der Waals surface area contributed by atoms with E-state index in [9.17, 15) is 9.18 Å². The molecule has 3 unspecified atom stereocenters. The molecular formula is C22H23BrFN7O. The number of hydrazone groups is 1. The number of fused-ring (bicyclic) bond motifs is 2. The van der Waals surface area contributed by atoms with Gasteiger partial charge in [-0.05, 0) is 36.8 Å². The molecule has 0 aliphatic carbocycles. The molecule has 2 aromatic rings. The summed E-state index contributed by atoms with van der Waals surface area (Å²) >= 11 is 3.59. The lowest BCUT2D eigenvalue weighted by atomic mass is 9.81. The minimum absolute atomic E-state index is 0.0802. The third kappa shape index (κ3) is 3.41. The van der Waals surface area contributed by atoms with E-state index in [0.717, 1.165) is 16.8 Å². The van der Waals surface area contributed by atoms with Gasteiger partial charge in [-0.3, -0.25) is 20.2 Å². The molecule has 0 radical (unpaired) electrons. The Kier molecular flexibility index (Phi) is 5.09. The molecule has 1 saturated heterocycles. The average Bonchev–Trinajstić information content (AvgIpc) is 3.07. The van der Waals surface area contributed by atoms with Gasteiger partial charge >= 0.3 is 0 Å². The summed E-state index contributed by atoms with van der Waals surface area (Å²) in [7, 11) is 0. The minimum Gasteiger partial charge on any atom is -0.340 e. The molecule has 1 aromatic carbocycles. The normalized spacial score (nSPS) is 27.5. The van der Waals surface area contributed by atoms with Crippen molar-refractivity contribution in [2.24, 2.45) is 10.1 Å². The van der Waals surface area contributed by atoms with E-state index in [-0.39, 0.29) is 22.6 Å². The highest BCUT2D eigenvalue weighted by molar-refractivity contribution is 9.10. The summed E-state index contributed by atoms with van der Waals surface area (Å²) in [5.41, 5.74) is 1.77. The summed E-state index contributed by atoms with van der Waals surface area (Å²) in [6.07, 6.45) is 3.14. The number of nitrogens with zero attached hydrogens (tertiary/aromatic N) is 5. The van der Waals surface area contributed by atoms with Crippen molar-refractivity contribution >= 4 is 50.5 Å². The van der Waals surface area contributed by atoms with Crippen LogP contribution in [-0.2, 0) is 10.2 Å². The summed E-state index contributed by atoms with van der Waals surface area (Å²) < 4.78 is 13.8. The number of pyridine rings is 1. The van der Waals surface area contributed by atoms with E-state index in [4.69, 9.17) is 10.4 Å². The van der Waals surface area contributed by atoms with Crippen LogP contribution in [0.2, 0.25) is 0 Å². The number of aliphatic imine (C=N–C) groups is 1. The zero-order valence-electron chi connectivity index (χ0n) is 17.7. The maximum absolute atomic E-state index is 13.8. The standard InChI is InChI=1S/C22H23BrFN7O/c1-12(32)30-9-16(10-30)26-8-18-19(23)20(25)31-21(29-18)22(2,11-28-31)14-5-13-6-15(24)3-4-17(13)27-7-14/h3-7,11,16,19,21,25-26H,8-10H2,1-2H3. The van der Waals surface area contributed by atoms with Crippen LogP contribution in [0.4, 0.5) is 4.39 Å². The van der Waals surface area contributed by atoms with Crippen molar-refractivity contribution in [1.29, 1.82) is 5.41 Å². The first-order valence-electron chi connectivity index (χ1n) is 10.4. The van der Waals surface area contributed by atoms with Crippen LogP contribution in [0, 0.1) is 11.2 Å². The van der Waals surface area contributed by atoms with Crippen LogP contribution < -0.4 is 5.32 Å². The van der Waals surface area contributed by atoms with Crippen LogP contribution >= 0.6 is 15.9 Å².